The van der Waals surface area contributed by atoms with Crippen molar-refractivity contribution in [1.29, 1.82) is 0 Å². The van der Waals surface area contributed by atoms with Gasteiger partial charge in [-0.3, -0.25) is 0 Å². The second-order valence-corrected chi connectivity index (χ2v) is 6.83. The number of hydrogen-bond donors (Lipinski definition) is 1. The topological polar surface area (TPSA) is 24.9 Å². The van der Waals surface area contributed by atoms with Crippen molar-refractivity contribution < 1.29 is 0 Å². The maximum Gasteiger partial charge on any atom is 0.135 e. The highest BCUT2D eigenvalue weighted by Crippen LogP contribution is 2.36. The molecule has 0 saturated carbocycles. The molecule has 0 bridgehead atoms. The molecule has 3 aromatic rings. The van der Waals surface area contributed by atoms with Crippen LogP contribution >= 0.6 is 22.7 Å². The van der Waals surface area contributed by atoms with Crippen molar-refractivity contribution in [2.24, 2.45) is 0 Å². The van der Waals surface area contributed by atoms with Crippen LogP contribution in [0.15, 0.2) is 35.2 Å². The van der Waals surface area contributed by atoms with Gasteiger partial charge in [-0.2, -0.15) is 0 Å². The van der Waals surface area contributed by atoms with E-state index in [1.165, 1.54) is 34.9 Å². The molecule has 1 unspecified atom stereocenters. The summed E-state index contributed by atoms with van der Waals surface area (Å²) < 4.78 is 1.30. The van der Waals surface area contributed by atoms with Crippen molar-refractivity contribution in [2.45, 2.75) is 25.3 Å². The summed E-state index contributed by atoms with van der Waals surface area (Å²) in [7, 11) is 0. The van der Waals surface area contributed by atoms with E-state index in [2.05, 4.69) is 39.3 Å². The number of aromatic nitrogens is 1. The number of aryl methyl sites for hydroxylation is 1. The summed E-state index contributed by atoms with van der Waals surface area (Å²) in [6.45, 7) is 0. The normalized spacial score (nSPS) is 18.4. The Hall–Kier alpha value is -1.39. The fraction of sp³-hybridized carbons (Fsp3) is 0.267. The first-order chi connectivity index (χ1) is 9.42. The monoisotopic (exact) mass is 286 g/mol. The van der Waals surface area contributed by atoms with Crippen molar-refractivity contribution in [1.82, 2.24) is 4.98 Å². The molecular weight excluding hydrogens is 272 g/mol. The standard InChI is InChI=1S/C15H14N2S2/c1-2-12(10-5-8-18-13(10)3-1)17-15-11-6-9-19-14(11)4-7-16-15/h4-9,12H,1-3H2,(H,16,17). The maximum absolute atomic E-state index is 4.53. The second kappa shape index (κ2) is 4.62. The average molecular weight is 286 g/mol. The van der Waals surface area contributed by atoms with Gasteiger partial charge < -0.3 is 5.32 Å². The summed E-state index contributed by atoms with van der Waals surface area (Å²) in [4.78, 5) is 6.07. The van der Waals surface area contributed by atoms with Crippen molar-refractivity contribution in [3.05, 3.63) is 45.6 Å². The number of anilines is 1. The Labute approximate surface area is 120 Å². The number of rotatable bonds is 2. The molecule has 19 heavy (non-hydrogen) atoms. The summed E-state index contributed by atoms with van der Waals surface area (Å²) in [5.41, 5.74) is 1.48. The van der Waals surface area contributed by atoms with E-state index in [4.69, 9.17) is 0 Å². The Morgan fingerprint density at radius 3 is 3.11 bits per heavy atom. The van der Waals surface area contributed by atoms with E-state index in [0.29, 0.717) is 6.04 Å². The lowest BCUT2D eigenvalue weighted by molar-refractivity contribution is 0.607. The highest BCUT2D eigenvalue weighted by atomic mass is 32.1. The summed E-state index contributed by atoms with van der Waals surface area (Å²) in [6, 6.07) is 6.94. The predicted molar refractivity (Wildman–Crippen MR) is 83.2 cm³/mol. The van der Waals surface area contributed by atoms with E-state index >= 15 is 0 Å². The Bertz CT molecular complexity index is 714. The molecule has 1 N–H and O–H groups in total. The van der Waals surface area contributed by atoms with Crippen LogP contribution in [0.3, 0.4) is 0 Å². The van der Waals surface area contributed by atoms with Crippen molar-refractivity contribution in [2.75, 3.05) is 5.32 Å². The fourth-order valence-corrected chi connectivity index (χ4v) is 4.58. The van der Waals surface area contributed by atoms with Gasteiger partial charge in [0, 0.05) is 21.2 Å². The maximum atomic E-state index is 4.53. The molecule has 0 saturated heterocycles. The molecule has 3 aromatic heterocycles. The van der Waals surface area contributed by atoms with Gasteiger partial charge in [0.15, 0.2) is 0 Å². The predicted octanol–water partition coefficient (Wildman–Crippen LogP) is 4.85. The smallest absolute Gasteiger partial charge is 0.135 e. The quantitative estimate of drug-likeness (QED) is 0.728. The highest BCUT2D eigenvalue weighted by Gasteiger charge is 2.21. The summed E-state index contributed by atoms with van der Waals surface area (Å²) in [6.07, 6.45) is 5.61. The molecule has 96 valence electrons. The van der Waals surface area contributed by atoms with Gasteiger partial charge >= 0.3 is 0 Å². The van der Waals surface area contributed by atoms with Crippen molar-refractivity contribution >= 4 is 38.6 Å². The van der Waals surface area contributed by atoms with E-state index in [1.54, 1.807) is 16.2 Å². The summed E-state index contributed by atoms with van der Waals surface area (Å²) in [5, 5.41) is 9.24. The first kappa shape index (κ1) is 11.4. The lowest BCUT2D eigenvalue weighted by Gasteiger charge is -2.24. The molecule has 0 fully saturated rings. The number of nitrogens with one attached hydrogen (secondary N) is 1. The van der Waals surface area contributed by atoms with Crippen LogP contribution in [0.1, 0.15) is 29.3 Å². The van der Waals surface area contributed by atoms with Gasteiger partial charge in [0.05, 0.1) is 6.04 Å². The molecule has 2 nitrogen and oxygen atoms in total. The van der Waals surface area contributed by atoms with Crippen LogP contribution < -0.4 is 5.32 Å². The van der Waals surface area contributed by atoms with Crippen LogP contribution in [0, 0.1) is 0 Å². The third-order valence-electron chi connectivity index (χ3n) is 3.74. The zero-order chi connectivity index (χ0) is 12.7. The lowest BCUT2D eigenvalue weighted by Crippen LogP contribution is -2.16. The zero-order valence-electron chi connectivity index (χ0n) is 10.4. The first-order valence-electron chi connectivity index (χ1n) is 6.57. The Balaban J connectivity index is 1.71. The molecule has 4 rings (SSSR count). The largest absolute Gasteiger partial charge is 0.363 e. The van der Waals surface area contributed by atoms with Crippen LogP contribution in [-0.4, -0.2) is 4.98 Å². The molecule has 0 aromatic carbocycles. The van der Waals surface area contributed by atoms with Gasteiger partial charge in [-0.1, -0.05) is 0 Å². The van der Waals surface area contributed by atoms with Gasteiger partial charge in [-0.15, -0.1) is 22.7 Å². The van der Waals surface area contributed by atoms with E-state index in [0.717, 1.165) is 5.82 Å². The summed E-state index contributed by atoms with van der Waals surface area (Å²) in [5.74, 6) is 1.03. The SMILES string of the molecule is c1cc2sccc2c(NC2CCCc3sccc32)n1. The van der Waals surface area contributed by atoms with Crippen LogP contribution in [0.5, 0.6) is 0 Å². The fourth-order valence-electron chi connectivity index (χ4n) is 2.81. The van der Waals surface area contributed by atoms with E-state index < -0.39 is 0 Å². The third-order valence-corrected chi connectivity index (χ3v) is 5.62. The molecule has 4 heteroatoms. The Morgan fingerprint density at radius 1 is 1.16 bits per heavy atom. The number of thiophene rings is 2. The minimum atomic E-state index is 0.424. The molecule has 1 aliphatic carbocycles. The number of fused-ring (bicyclic) bond motifs is 2. The van der Waals surface area contributed by atoms with Crippen molar-refractivity contribution in [3.8, 4) is 0 Å². The van der Waals surface area contributed by atoms with Gasteiger partial charge in [0.25, 0.3) is 0 Å². The van der Waals surface area contributed by atoms with Crippen LogP contribution in [-0.2, 0) is 6.42 Å². The van der Waals surface area contributed by atoms with Crippen LogP contribution in [0.4, 0.5) is 5.82 Å². The molecule has 0 aliphatic heterocycles. The Kier molecular flexibility index (Phi) is 2.78. The first-order valence-corrected chi connectivity index (χ1v) is 8.33. The minimum Gasteiger partial charge on any atom is -0.363 e. The van der Waals surface area contributed by atoms with E-state index in [1.807, 2.05) is 17.5 Å². The number of pyridine rings is 1. The second-order valence-electron chi connectivity index (χ2n) is 4.88. The molecule has 0 spiro atoms. The van der Waals surface area contributed by atoms with Gasteiger partial charge in [-0.25, -0.2) is 4.98 Å². The molecule has 0 amide bonds. The molecule has 1 atom stereocenters. The zero-order valence-corrected chi connectivity index (χ0v) is 12.1. The molecule has 3 heterocycles. The van der Waals surface area contributed by atoms with Crippen LogP contribution in [0.25, 0.3) is 10.1 Å². The minimum absolute atomic E-state index is 0.424. The molecule has 0 radical (unpaired) electrons. The van der Waals surface area contributed by atoms with E-state index in [9.17, 15) is 0 Å². The van der Waals surface area contributed by atoms with Crippen molar-refractivity contribution in [3.63, 3.8) is 0 Å². The number of nitrogens with zero attached hydrogens (tertiary/aromatic N) is 1. The van der Waals surface area contributed by atoms with E-state index in [-0.39, 0.29) is 0 Å². The van der Waals surface area contributed by atoms with Gasteiger partial charge in [-0.05, 0) is 53.8 Å². The van der Waals surface area contributed by atoms with Gasteiger partial charge in [0.1, 0.15) is 5.82 Å². The average Bonchev–Trinajstić information content (AvgIpc) is 3.08. The Morgan fingerprint density at radius 2 is 2.11 bits per heavy atom. The number of hydrogen-bond acceptors (Lipinski definition) is 4. The summed E-state index contributed by atoms with van der Waals surface area (Å²) >= 11 is 3.66. The lowest BCUT2D eigenvalue weighted by atomic mass is 9.94. The molecular formula is C15H14N2S2. The van der Waals surface area contributed by atoms with Gasteiger partial charge in [0.2, 0.25) is 0 Å². The third kappa shape index (κ3) is 1.95. The molecule has 1 aliphatic rings. The van der Waals surface area contributed by atoms with Crippen LogP contribution in [0.2, 0.25) is 0 Å². The highest BCUT2D eigenvalue weighted by molar-refractivity contribution is 7.17.